The molecule has 1 aromatic heterocycles. The van der Waals surface area contributed by atoms with Crippen molar-refractivity contribution >= 4 is 11.8 Å². The number of benzene rings is 1. The molecule has 0 aliphatic heterocycles. The molecule has 94 valence electrons. The van der Waals surface area contributed by atoms with Gasteiger partial charge in [0.15, 0.2) is 0 Å². The second-order valence-electron chi connectivity index (χ2n) is 3.72. The van der Waals surface area contributed by atoms with Crippen LogP contribution >= 0.6 is 11.8 Å². The topological polar surface area (TPSA) is 38.9 Å². The number of halogens is 2. The maximum Gasteiger partial charge on any atom is 0.140 e. The number of nitrogens with zero attached hydrogens (tertiary/aromatic N) is 1. The van der Waals surface area contributed by atoms with E-state index in [1.165, 1.54) is 23.9 Å². The first-order valence-corrected chi connectivity index (χ1v) is 6.28. The number of nitrogens with two attached hydrogens (primary N) is 1. The summed E-state index contributed by atoms with van der Waals surface area (Å²) in [6.45, 7) is 0.570. The number of hydrogen-bond acceptors (Lipinski definition) is 3. The highest BCUT2D eigenvalue weighted by Crippen LogP contribution is 2.28. The zero-order valence-corrected chi connectivity index (χ0v) is 10.4. The van der Waals surface area contributed by atoms with Gasteiger partial charge in [-0.25, -0.2) is 13.8 Å². The van der Waals surface area contributed by atoms with Crippen molar-refractivity contribution in [3.05, 3.63) is 53.7 Å². The lowest BCUT2D eigenvalue weighted by atomic mass is 10.2. The van der Waals surface area contributed by atoms with Gasteiger partial charge in [0.2, 0.25) is 0 Å². The molecule has 18 heavy (non-hydrogen) atoms. The second kappa shape index (κ2) is 5.93. The molecule has 0 saturated carbocycles. The quantitative estimate of drug-likeness (QED) is 0.924. The number of hydrogen-bond donors (Lipinski definition) is 1. The van der Waals surface area contributed by atoms with E-state index in [0.29, 0.717) is 16.5 Å². The normalized spacial score (nSPS) is 10.6. The van der Waals surface area contributed by atoms with Gasteiger partial charge in [-0.05, 0) is 36.7 Å². The number of aromatic nitrogens is 1. The third kappa shape index (κ3) is 3.27. The van der Waals surface area contributed by atoms with Crippen LogP contribution in [0.25, 0.3) is 0 Å². The smallest absolute Gasteiger partial charge is 0.140 e. The molecule has 0 unspecified atom stereocenters. The Morgan fingerprint density at radius 2 is 2.00 bits per heavy atom. The molecule has 0 aliphatic carbocycles. The Bertz CT molecular complexity index is 529. The first-order chi connectivity index (χ1) is 8.69. The highest BCUT2D eigenvalue weighted by molar-refractivity contribution is 7.99. The van der Waals surface area contributed by atoms with Crippen molar-refractivity contribution in [2.45, 2.75) is 16.3 Å². The minimum Gasteiger partial charge on any atom is -0.330 e. The van der Waals surface area contributed by atoms with Gasteiger partial charge in [-0.1, -0.05) is 17.8 Å². The average Bonchev–Trinajstić information content (AvgIpc) is 2.35. The summed E-state index contributed by atoms with van der Waals surface area (Å²) in [5.41, 5.74) is 6.48. The lowest BCUT2D eigenvalue weighted by Gasteiger charge is -2.03. The fraction of sp³-hybridized carbons (Fsp3) is 0.154. The highest BCUT2D eigenvalue weighted by atomic mass is 32.2. The summed E-state index contributed by atoms with van der Waals surface area (Å²) in [5, 5.41) is 0.668. The molecule has 0 bridgehead atoms. The maximum atomic E-state index is 13.4. The van der Waals surface area contributed by atoms with Crippen LogP contribution in [0.15, 0.2) is 46.5 Å². The van der Waals surface area contributed by atoms with Crippen molar-refractivity contribution < 1.29 is 8.78 Å². The predicted octanol–water partition coefficient (Wildman–Crippen LogP) is 3.01. The molecule has 1 aromatic carbocycles. The molecule has 0 fully saturated rings. The van der Waals surface area contributed by atoms with Crippen molar-refractivity contribution in [1.82, 2.24) is 4.98 Å². The van der Waals surface area contributed by atoms with Gasteiger partial charge in [-0.2, -0.15) is 0 Å². The Labute approximate surface area is 108 Å². The van der Waals surface area contributed by atoms with E-state index in [0.717, 1.165) is 18.1 Å². The van der Waals surface area contributed by atoms with Crippen molar-refractivity contribution in [1.29, 1.82) is 0 Å². The van der Waals surface area contributed by atoms with Gasteiger partial charge >= 0.3 is 0 Å². The molecule has 0 radical (unpaired) electrons. The minimum atomic E-state index is -0.580. The Hall–Kier alpha value is -1.46. The van der Waals surface area contributed by atoms with Crippen LogP contribution in [0.5, 0.6) is 0 Å². The van der Waals surface area contributed by atoms with Crippen molar-refractivity contribution in [3.63, 3.8) is 0 Å². The monoisotopic (exact) mass is 266 g/mol. The molecule has 0 spiro atoms. The molecule has 0 saturated heterocycles. The van der Waals surface area contributed by atoms with Gasteiger partial charge in [0.25, 0.3) is 0 Å². The summed E-state index contributed by atoms with van der Waals surface area (Å²) in [4.78, 5) is 4.56. The Balaban J connectivity index is 2.13. The van der Waals surface area contributed by atoms with E-state index in [4.69, 9.17) is 5.73 Å². The molecule has 2 aromatic rings. The maximum absolute atomic E-state index is 13.4. The van der Waals surface area contributed by atoms with Crippen LogP contribution in [0.2, 0.25) is 0 Å². The third-order valence-corrected chi connectivity index (χ3v) is 3.34. The molecular formula is C13H12F2N2S. The molecule has 5 heteroatoms. The Kier molecular flexibility index (Phi) is 4.28. The summed E-state index contributed by atoms with van der Waals surface area (Å²) in [5.74, 6) is -1.16. The fourth-order valence-electron chi connectivity index (χ4n) is 1.46. The van der Waals surface area contributed by atoms with Crippen molar-refractivity contribution in [2.24, 2.45) is 5.73 Å². The summed E-state index contributed by atoms with van der Waals surface area (Å²) in [6.07, 6.45) is 2.49. The van der Waals surface area contributed by atoms with E-state index in [1.54, 1.807) is 12.3 Å². The van der Waals surface area contributed by atoms with Gasteiger partial charge < -0.3 is 5.73 Å². The van der Waals surface area contributed by atoms with Gasteiger partial charge in [-0.3, -0.25) is 0 Å². The van der Waals surface area contributed by atoms with Crippen LogP contribution in [0, 0.1) is 11.6 Å². The summed E-state index contributed by atoms with van der Waals surface area (Å²) < 4.78 is 26.2. The average molecular weight is 266 g/mol. The molecule has 2 nitrogen and oxygen atoms in total. The van der Waals surface area contributed by atoms with Crippen LogP contribution in [0.1, 0.15) is 5.56 Å². The Morgan fingerprint density at radius 1 is 1.17 bits per heavy atom. The van der Waals surface area contributed by atoms with Crippen molar-refractivity contribution in [3.8, 4) is 0 Å². The van der Waals surface area contributed by atoms with E-state index >= 15 is 0 Å². The molecule has 2 N–H and O–H groups in total. The van der Waals surface area contributed by atoms with Crippen LogP contribution in [0.3, 0.4) is 0 Å². The first kappa shape index (κ1) is 13.0. The summed E-state index contributed by atoms with van der Waals surface area (Å²) in [7, 11) is 0. The molecule has 2 rings (SSSR count). The van der Waals surface area contributed by atoms with E-state index in [1.807, 2.05) is 6.07 Å². The van der Waals surface area contributed by atoms with Crippen molar-refractivity contribution in [2.75, 3.05) is 6.54 Å². The lowest BCUT2D eigenvalue weighted by molar-refractivity contribution is 0.565. The van der Waals surface area contributed by atoms with E-state index in [2.05, 4.69) is 4.98 Å². The molecule has 0 aliphatic rings. The highest BCUT2D eigenvalue weighted by Gasteiger charge is 2.06. The molecule has 0 atom stereocenters. The lowest BCUT2D eigenvalue weighted by Crippen LogP contribution is -2.02. The van der Waals surface area contributed by atoms with E-state index in [-0.39, 0.29) is 0 Å². The van der Waals surface area contributed by atoms with Crippen LogP contribution < -0.4 is 5.73 Å². The zero-order chi connectivity index (χ0) is 13.0. The number of rotatable bonds is 4. The molecule has 1 heterocycles. The third-order valence-electron chi connectivity index (χ3n) is 2.34. The largest absolute Gasteiger partial charge is 0.330 e. The fourth-order valence-corrected chi connectivity index (χ4v) is 2.22. The van der Waals surface area contributed by atoms with Gasteiger partial charge in [0.05, 0.1) is 0 Å². The van der Waals surface area contributed by atoms with E-state index in [9.17, 15) is 8.78 Å². The van der Waals surface area contributed by atoms with Crippen LogP contribution in [0.4, 0.5) is 8.78 Å². The Morgan fingerprint density at radius 3 is 2.61 bits per heavy atom. The summed E-state index contributed by atoms with van der Waals surface area (Å²) >= 11 is 1.17. The van der Waals surface area contributed by atoms with Gasteiger partial charge in [-0.15, -0.1) is 0 Å². The van der Waals surface area contributed by atoms with Gasteiger partial charge in [0, 0.05) is 17.2 Å². The van der Waals surface area contributed by atoms with Crippen LogP contribution in [-0.4, -0.2) is 11.5 Å². The minimum absolute atomic E-state index is 0.357. The second-order valence-corrected chi connectivity index (χ2v) is 4.78. The first-order valence-electron chi connectivity index (χ1n) is 5.47. The molecule has 0 amide bonds. The zero-order valence-electron chi connectivity index (χ0n) is 9.57. The predicted molar refractivity (Wildman–Crippen MR) is 67.5 cm³/mol. The van der Waals surface area contributed by atoms with Crippen LogP contribution in [-0.2, 0) is 6.42 Å². The summed E-state index contributed by atoms with van der Waals surface area (Å²) in [6, 6.07) is 7.21. The molecular weight excluding hydrogens is 254 g/mol. The van der Waals surface area contributed by atoms with Gasteiger partial charge in [0.1, 0.15) is 16.7 Å². The van der Waals surface area contributed by atoms with E-state index < -0.39 is 11.6 Å². The SMILES string of the molecule is NCCc1ccc(Sc2ccc(F)cc2F)nc1. The standard InChI is InChI=1S/C13H12F2N2S/c14-10-2-3-12(11(15)7-10)18-13-4-1-9(5-6-16)8-17-13/h1-4,7-8H,5-6,16H2. The number of pyridine rings is 1.